The highest BCUT2D eigenvalue weighted by atomic mass is 16.5. The van der Waals surface area contributed by atoms with E-state index in [1.54, 1.807) is 12.7 Å². The van der Waals surface area contributed by atoms with Gasteiger partial charge in [0.1, 0.15) is 5.75 Å². The van der Waals surface area contributed by atoms with Gasteiger partial charge in [0.15, 0.2) is 0 Å². The van der Waals surface area contributed by atoms with Gasteiger partial charge < -0.3 is 9.64 Å². The molecule has 1 aromatic rings. The molecule has 0 radical (unpaired) electrons. The van der Waals surface area contributed by atoms with Gasteiger partial charge in [-0.25, -0.2) is 0 Å². The molecule has 0 heterocycles. The van der Waals surface area contributed by atoms with Crippen LogP contribution in [0.25, 0.3) is 0 Å². The average molecular weight is 231 g/mol. The third-order valence-corrected chi connectivity index (χ3v) is 3.34. The Morgan fingerprint density at radius 1 is 1.18 bits per heavy atom. The number of hydrogen-bond acceptors (Lipinski definition) is 2. The normalized spacial score (nSPS) is 15.3. The fourth-order valence-electron chi connectivity index (χ4n) is 2.28. The van der Waals surface area contributed by atoms with Crippen molar-refractivity contribution in [2.24, 2.45) is 0 Å². The summed E-state index contributed by atoms with van der Waals surface area (Å²) in [6.07, 6.45) is 7.63. The van der Waals surface area contributed by atoms with Crippen LogP contribution >= 0.6 is 0 Å². The van der Waals surface area contributed by atoms with E-state index in [0.717, 1.165) is 12.3 Å². The van der Waals surface area contributed by atoms with Crippen LogP contribution in [0, 0.1) is 0 Å². The number of ether oxygens (including phenoxy) is 1. The molecule has 2 nitrogen and oxygen atoms in total. The first kappa shape index (κ1) is 12.0. The zero-order valence-corrected chi connectivity index (χ0v) is 10.8. The van der Waals surface area contributed by atoms with E-state index in [1.165, 1.54) is 31.4 Å². The molecule has 1 aliphatic carbocycles. The first-order chi connectivity index (χ1) is 8.29. The average Bonchev–Trinajstić information content (AvgIpc) is 2.40. The van der Waals surface area contributed by atoms with Crippen molar-refractivity contribution < 1.29 is 4.74 Å². The summed E-state index contributed by atoms with van der Waals surface area (Å²) in [7, 11) is 3.85. The Morgan fingerprint density at radius 3 is 2.53 bits per heavy atom. The van der Waals surface area contributed by atoms with Crippen LogP contribution in [-0.2, 0) is 0 Å². The minimum Gasteiger partial charge on any atom is -0.497 e. The number of rotatable bonds is 4. The maximum Gasteiger partial charge on any atom is 0.119 e. The van der Waals surface area contributed by atoms with Gasteiger partial charge in [-0.2, -0.15) is 0 Å². The van der Waals surface area contributed by atoms with E-state index in [2.05, 4.69) is 30.2 Å². The molecule has 0 aliphatic heterocycles. The number of allylic oxidation sites excluding steroid dienone is 1. The summed E-state index contributed by atoms with van der Waals surface area (Å²) in [5.41, 5.74) is 2.83. The number of nitrogens with zero attached hydrogens (tertiary/aromatic N) is 1. The summed E-state index contributed by atoms with van der Waals surface area (Å²) >= 11 is 0. The molecule has 0 unspecified atom stereocenters. The van der Waals surface area contributed by atoms with Crippen molar-refractivity contribution in [3.05, 3.63) is 35.9 Å². The van der Waals surface area contributed by atoms with Crippen molar-refractivity contribution in [1.82, 2.24) is 0 Å². The molecule has 0 N–H and O–H groups in total. The summed E-state index contributed by atoms with van der Waals surface area (Å²) in [6.45, 7) is 1.05. The van der Waals surface area contributed by atoms with Crippen molar-refractivity contribution in [3.8, 4) is 5.75 Å². The Morgan fingerprint density at radius 2 is 1.94 bits per heavy atom. The molecule has 2 heteroatoms. The van der Waals surface area contributed by atoms with E-state index in [-0.39, 0.29) is 0 Å². The van der Waals surface area contributed by atoms with Crippen molar-refractivity contribution in [3.63, 3.8) is 0 Å². The molecule has 1 aliphatic rings. The maximum atomic E-state index is 5.17. The molecule has 0 amide bonds. The minimum atomic E-state index is 0.916. The molecule has 0 aromatic heterocycles. The fraction of sp³-hybridized carbons (Fsp3) is 0.467. The quantitative estimate of drug-likeness (QED) is 0.734. The van der Waals surface area contributed by atoms with E-state index in [9.17, 15) is 0 Å². The SMILES string of the molecule is COc1ccc(N(C)CC2=CCCCC2)cc1. The van der Waals surface area contributed by atoms with Gasteiger partial charge in [-0.15, -0.1) is 0 Å². The first-order valence-corrected chi connectivity index (χ1v) is 6.32. The number of anilines is 1. The van der Waals surface area contributed by atoms with E-state index >= 15 is 0 Å². The van der Waals surface area contributed by atoms with Crippen molar-refractivity contribution in [2.45, 2.75) is 25.7 Å². The lowest BCUT2D eigenvalue weighted by atomic mass is 9.99. The Balaban J connectivity index is 1.98. The van der Waals surface area contributed by atoms with Crippen LogP contribution in [0.15, 0.2) is 35.9 Å². The summed E-state index contributed by atoms with van der Waals surface area (Å²) < 4.78 is 5.17. The molecular weight excluding hydrogens is 210 g/mol. The van der Waals surface area contributed by atoms with Gasteiger partial charge in [-0.3, -0.25) is 0 Å². The molecule has 92 valence electrons. The molecule has 0 bridgehead atoms. The van der Waals surface area contributed by atoms with Crippen molar-refractivity contribution >= 4 is 5.69 Å². The number of benzene rings is 1. The van der Waals surface area contributed by atoms with E-state index in [1.807, 2.05) is 12.1 Å². The highest BCUT2D eigenvalue weighted by Gasteiger charge is 2.07. The lowest BCUT2D eigenvalue weighted by Crippen LogP contribution is -2.20. The predicted octanol–water partition coefficient (Wildman–Crippen LogP) is 3.63. The highest BCUT2D eigenvalue weighted by molar-refractivity contribution is 5.49. The predicted molar refractivity (Wildman–Crippen MR) is 72.8 cm³/mol. The molecule has 0 spiro atoms. The number of hydrogen-bond donors (Lipinski definition) is 0. The Kier molecular flexibility index (Phi) is 4.08. The lowest BCUT2D eigenvalue weighted by Gasteiger charge is -2.23. The van der Waals surface area contributed by atoms with Gasteiger partial charge in [0, 0.05) is 19.3 Å². The van der Waals surface area contributed by atoms with Crippen LogP contribution in [-0.4, -0.2) is 20.7 Å². The topological polar surface area (TPSA) is 12.5 Å². The van der Waals surface area contributed by atoms with E-state index < -0.39 is 0 Å². The molecule has 17 heavy (non-hydrogen) atoms. The molecule has 0 saturated heterocycles. The van der Waals surface area contributed by atoms with Gasteiger partial charge in [-0.05, 0) is 49.9 Å². The van der Waals surface area contributed by atoms with Gasteiger partial charge >= 0.3 is 0 Å². The molecule has 0 atom stereocenters. The number of methoxy groups -OCH3 is 1. The smallest absolute Gasteiger partial charge is 0.119 e. The zero-order chi connectivity index (χ0) is 12.1. The Hall–Kier alpha value is -1.44. The fourth-order valence-corrected chi connectivity index (χ4v) is 2.28. The summed E-state index contributed by atoms with van der Waals surface area (Å²) in [5.74, 6) is 0.916. The monoisotopic (exact) mass is 231 g/mol. The second-order valence-electron chi connectivity index (χ2n) is 4.66. The molecule has 0 saturated carbocycles. The third-order valence-electron chi connectivity index (χ3n) is 3.34. The molecular formula is C15H21NO. The molecule has 0 fully saturated rings. The van der Waals surface area contributed by atoms with Crippen LogP contribution in [0.4, 0.5) is 5.69 Å². The minimum absolute atomic E-state index is 0.916. The van der Waals surface area contributed by atoms with Gasteiger partial charge in [-0.1, -0.05) is 11.6 Å². The standard InChI is InChI=1S/C15H21NO/c1-16(12-13-6-4-3-5-7-13)14-8-10-15(17-2)11-9-14/h6,8-11H,3-5,7,12H2,1-2H3. The van der Waals surface area contributed by atoms with Crippen molar-refractivity contribution in [1.29, 1.82) is 0 Å². The maximum absolute atomic E-state index is 5.17. The third kappa shape index (κ3) is 3.26. The number of likely N-dealkylation sites (N-methyl/N-ethyl adjacent to an activating group) is 1. The van der Waals surface area contributed by atoms with Crippen molar-refractivity contribution in [2.75, 3.05) is 25.6 Å². The first-order valence-electron chi connectivity index (χ1n) is 6.32. The van der Waals surface area contributed by atoms with E-state index in [4.69, 9.17) is 4.74 Å². The van der Waals surface area contributed by atoms with E-state index in [0.29, 0.717) is 0 Å². The summed E-state index contributed by atoms with van der Waals surface area (Å²) in [4.78, 5) is 2.30. The van der Waals surface area contributed by atoms with Gasteiger partial charge in [0.2, 0.25) is 0 Å². The van der Waals surface area contributed by atoms with Crippen LogP contribution in [0.5, 0.6) is 5.75 Å². The van der Waals surface area contributed by atoms with Gasteiger partial charge in [0.05, 0.1) is 7.11 Å². The van der Waals surface area contributed by atoms with Crippen LogP contribution in [0.1, 0.15) is 25.7 Å². The Labute approximate surface area is 104 Å². The lowest BCUT2D eigenvalue weighted by molar-refractivity contribution is 0.415. The second-order valence-corrected chi connectivity index (χ2v) is 4.66. The highest BCUT2D eigenvalue weighted by Crippen LogP contribution is 2.22. The van der Waals surface area contributed by atoms with Crippen LogP contribution < -0.4 is 9.64 Å². The zero-order valence-electron chi connectivity index (χ0n) is 10.8. The van der Waals surface area contributed by atoms with Crippen LogP contribution in [0.2, 0.25) is 0 Å². The molecule has 1 aromatic carbocycles. The largest absolute Gasteiger partial charge is 0.497 e. The van der Waals surface area contributed by atoms with Crippen LogP contribution in [0.3, 0.4) is 0 Å². The second kappa shape index (κ2) is 5.76. The van der Waals surface area contributed by atoms with Gasteiger partial charge in [0.25, 0.3) is 0 Å². The summed E-state index contributed by atoms with van der Waals surface area (Å²) in [5, 5.41) is 0. The Bertz CT molecular complexity index is 380. The molecule has 2 rings (SSSR count). The summed E-state index contributed by atoms with van der Waals surface area (Å²) in [6, 6.07) is 8.26.